The lowest BCUT2D eigenvalue weighted by Crippen LogP contribution is -2.61. The first kappa shape index (κ1) is 16.9. The van der Waals surface area contributed by atoms with Crippen LogP contribution in [0.15, 0.2) is 30.3 Å². The molecule has 1 aromatic heterocycles. The molecule has 1 fully saturated rings. The highest BCUT2D eigenvalue weighted by atomic mass is 19.1. The molecule has 1 aromatic carbocycles. The Kier molecular flexibility index (Phi) is 4.20. The van der Waals surface area contributed by atoms with E-state index in [1.54, 1.807) is 17.0 Å². The lowest BCUT2D eigenvalue weighted by Gasteiger charge is -2.47. The SMILES string of the molecule is CC1(C)CN(c2ccc(F)cc2)CCN1C(=O)c1cc(C(=O)O)[nH]n1. The molecule has 0 saturated carbocycles. The number of nitrogens with one attached hydrogen (secondary N) is 1. The molecule has 25 heavy (non-hydrogen) atoms. The minimum atomic E-state index is -1.16. The van der Waals surface area contributed by atoms with Gasteiger partial charge in [-0.05, 0) is 38.1 Å². The van der Waals surface area contributed by atoms with Gasteiger partial charge in [0.2, 0.25) is 0 Å². The number of anilines is 1. The van der Waals surface area contributed by atoms with Crippen molar-refractivity contribution in [3.63, 3.8) is 0 Å². The molecular weight excluding hydrogens is 327 g/mol. The third kappa shape index (κ3) is 3.33. The highest BCUT2D eigenvalue weighted by molar-refractivity contribution is 5.95. The molecule has 7 nitrogen and oxygen atoms in total. The number of hydrogen-bond donors (Lipinski definition) is 2. The largest absolute Gasteiger partial charge is 0.477 e. The predicted molar refractivity (Wildman–Crippen MR) is 89.3 cm³/mol. The van der Waals surface area contributed by atoms with Gasteiger partial charge in [-0.25, -0.2) is 9.18 Å². The van der Waals surface area contributed by atoms with Crippen molar-refractivity contribution in [2.24, 2.45) is 0 Å². The summed E-state index contributed by atoms with van der Waals surface area (Å²) in [5.74, 6) is -1.76. The van der Waals surface area contributed by atoms with Gasteiger partial charge in [-0.2, -0.15) is 5.10 Å². The minimum absolute atomic E-state index is 0.0840. The Labute approximate surface area is 144 Å². The number of hydrogen-bond acceptors (Lipinski definition) is 4. The Hall–Kier alpha value is -2.90. The quantitative estimate of drug-likeness (QED) is 0.887. The van der Waals surface area contributed by atoms with E-state index in [1.165, 1.54) is 18.2 Å². The number of carbonyl (C=O) groups is 2. The summed E-state index contributed by atoms with van der Waals surface area (Å²) in [5, 5.41) is 15.1. The molecule has 132 valence electrons. The first-order valence-electron chi connectivity index (χ1n) is 7.89. The number of aromatic carboxylic acids is 1. The van der Waals surface area contributed by atoms with Crippen molar-refractivity contribution < 1.29 is 19.1 Å². The number of carbonyl (C=O) groups excluding carboxylic acids is 1. The highest BCUT2D eigenvalue weighted by Crippen LogP contribution is 2.27. The summed E-state index contributed by atoms with van der Waals surface area (Å²) >= 11 is 0. The zero-order chi connectivity index (χ0) is 18.2. The highest BCUT2D eigenvalue weighted by Gasteiger charge is 2.38. The van der Waals surface area contributed by atoms with Crippen molar-refractivity contribution in [1.82, 2.24) is 15.1 Å². The van der Waals surface area contributed by atoms with Crippen LogP contribution in [0.2, 0.25) is 0 Å². The second-order valence-electron chi connectivity index (χ2n) is 6.64. The predicted octanol–water partition coefficient (Wildman–Crippen LogP) is 1.99. The van der Waals surface area contributed by atoms with Crippen LogP contribution in [0.5, 0.6) is 0 Å². The van der Waals surface area contributed by atoms with E-state index in [0.29, 0.717) is 19.6 Å². The van der Waals surface area contributed by atoms with Gasteiger partial charge in [0, 0.05) is 31.4 Å². The topological polar surface area (TPSA) is 89.5 Å². The van der Waals surface area contributed by atoms with E-state index in [9.17, 15) is 14.0 Å². The lowest BCUT2D eigenvalue weighted by atomic mass is 9.97. The van der Waals surface area contributed by atoms with E-state index >= 15 is 0 Å². The van der Waals surface area contributed by atoms with Gasteiger partial charge < -0.3 is 14.9 Å². The Balaban J connectivity index is 1.77. The fourth-order valence-corrected chi connectivity index (χ4v) is 3.08. The summed E-state index contributed by atoms with van der Waals surface area (Å²) in [6.07, 6.45) is 0. The molecule has 0 atom stereocenters. The fourth-order valence-electron chi connectivity index (χ4n) is 3.08. The molecule has 1 saturated heterocycles. The molecule has 0 bridgehead atoms. The van der Waals surface area contributed by atoms with Crippen LogP contribution in [0, 0.1) is 5.82 Å². The van der Waals surface area contributed by atoms with Crippen molar-refractivity contribution >= 4 is 17.6 Å². The summed E-state index contributed by atoms with van der Waals surface area (Å²) in [4.78, 5) is 27.4. The van der Waals surface area contributed by atoms with Crippen LogP contribution >= 0.6 is 0 Å². The van der Waals surface area contributed by atoms with Crippen molar-refractivity contribution in [2.45, 2.75) is 19.4 Å². The minimum Gasteiger partial charge on any atom is -0.477 e. The third-order valence-electron chi connectivity index (χ3n) is 4.37. The summed E-state index contributed by atoms with van der Waals surface area (Å²) in [6.45, 7) is 5.49. The number of aromatic nitrogens is 2. The van der Waals surface area contributed by atoms with E-state index in [-0.39, 0.29) is 23.1 Å². The molecule has 1 amide bonds. The first-order valence-corrected chi connectivity index (χ1v) is 7.89. The Morgan fingerprint density at radius 2 is 1.92 bits per heavy atom. The monoisotopic (exact) mass is 346 g/mol. The summed E-state index contributed by atoms with van der Waals surface area (Å²) in [5.41, 5.74) is 0.368. The van der Waals surface area contributed by atoms with E-state index in [1.807, 2.05) is 13.8 Å². The molecule has 2 N–H and O–H groups in total. The van der Waals surface area contributed by atoms with Crippen LogP contribution < -0.4 is 4.90 Å². The number of aromatic amines is 1. The van der Waals surface area contributed by atoms with Gasteiger partial charge in [-0.1, -0.05) is 0 Å². The number of piperazine rings is 1. The zero-order valence-electron chi connectivity index (χ0n) is 14.0. The second-order valence-corrected chi connectivity index (χ2v) is 6.64. The van der Waals surface area contributed by atoms with Crippen molar-refractivity contribution in [2.75, 3.05) is 24.5 Å². The average Bonchev–Trinajstić information content (AvgIpc) is 3.04. The molecular formula is C17H19FN4O3. The van der Waals surface area contributed by atoms with E-state index in [0.717, 1.165) is 5.69 Å². The number of amides is 1. The Morgan fingerprint density at radius 3 is 2.48 bits per heavy atom. The maximum absolute atomic E-state index is 13.1. The molecule has 2 aromatic rings. The number of H-pyrrole nitrogens is 1. The third-order valence-corrected chi connectivity index (χ3v) is 4.37. The van der Waals surface area contributed by atoms with Gasteiger partial charge in [0.15, 0.2) is 5.69 Å². The maximum Gasteiger partial charge on any atom is 0.353 e. The van der Waals surface area contributed by atoms with Gasteiger partial charge in [-0.3, -0.25) is 9.89 Å². The molecule has 1 aliphatic rings. The number of carboxylic acids is 1. The number of nitrogens with zero attached hydrogens (tertiary/aromatic N) is 3. The molecule has 0 spiro atoms. The number of carboxylic acid groups (broad SMARTS) is 1. The lowest BCUT2D eigenvalue weighted by molar-refractivity contribution is 0.0508. The summed E-state index contributed by atoms with van der Waals surface area (Å²) in [7, 11) is 0. The Morgan fingerprint density at radius 1 is 1.24 bits per heavy atom. The van der Waals surface area contributed by atoms with Crippen LogP contribution in [0.3, 0.4) is 0 Å². The van der Waals surface area contributed by atoms with Crippen LogP contribution in [0.25, 0.3) is 0 Å². The molecule has 0 unspecified atom stereocenters. The standard InChI is InChI=1S/C17H19FN4O3/c1-17(2)10-21(12-5-3-11(18)4-6-12)7-8-22(17)15(23)13-9-14(16(24)25)20-19-13/h3-6,9H,7-8,10H2,1-2H3,(H,19,20)(H,24,25). The van der Waals surface area contributed by atoms with Gasteiger partial charge in [-0.15, -0.1) is 0 Å². The van der Waals surface area contributed by atoms with Gasteiger partial charge in [0.05, 0.1) is 5.54 Å². The number of benzene rings is 1. The average molecular weight is 346 g/mol. The smallest absolute Gasteiger partial charge is 0.353 e. The second kappa shape index (κ2) is 6.19. The van der Waals surface area contributed by atoms with E-state index in [2.05, 4.69) is 15.1 Å². The van der Waals surface area contributed by atoms with Gasteiger partial charge >= 0.3 is 5.97 Å². The van der Waals surface area contributed by atoms with Crippen LogP contribution in [0.4, 0.5) is 10.1 Å². The normalized spacial score (nSPS) is 16.8. The van der Waals surface area contributed by atoms with Crippen molar-refractivity contribution in [3.05, 3.63) is 47.5 Å². The maximum atomic E-state index is 13.1. The summed E-state index contributed by atoms with van der Waals surface area (Å²) in [6, 6.07) is 7.51. The van der Waals surface area contributed by atoms with Crippen LogP contribution in [0.1, 0.15) is 34.8 Å². The fraction of sp³-hybridized carbons (Fsp3) is 0.353. The van der Waals surface area contributed by atoms with Crippen molar-refractivity contribution in [3.8, 4) is 0 Å². The molecule has 0 radical (unpaired) electrons. The zero-order valence-corrected chi connectivity index (χ0v) is 14.0. The van der Waals surface area contributed by atoms with Gasteiger partial charge in [0.25, 0.3) is 5.91 Å². The molecule has 1 aliphatic heterocycles. The van der Waals surface area contributed by atoms with Crippen LogP contribution in [-0.2, 0) is 0 Å². The summed E-state index contributed by atoms with van der Waals surface area (Å²) < 4.78 is 13.1. The van der Waals surface area contributed by atoms with Crippen LogP contribution in [-0.4, -0.2) is 57.3 Å². The van der Waals surface area contributed by atoms with E-state index in [4.69, 9.17) is 5.11 Å². The molecule has 0 aliphatic carbocycles. The van der Waals surface area contributed by atoms with Crippen molar-refractivity contribution in [1.29, 1.82) is 0 Å². The molecule has 2 heterocycles. The molecule has 8 heteroatoms. The first-order chi connectivity index (χ1) is 11.8. The number of halogens is 1. The Bertz CT molecular complexity index is 800. The van der Waals surface area contributed by atoms with E-state index < -0.39 is 11.5 Å². The number of rotatable bonds is 3. The molecule has 3 rings (SSSR count). The van der Waals surface area contributed by atoms with Gasteiger partial charge in [0.1, 0.15) is 11.5 Å².